The fourth-order valence-electron chi connectivity index (χ4n) is 2.93. The molecule has 0 atom stereocenters. The van der Waals surface area contributed by atoms with Gasteiger partial charge in [0, 0.05) is 10.7 Å². The first kappa shape index (κ1) is 20.9. The highest BCUT2D eigenvalue weighted by Crippen LogP contribution is 2.27. The van der Waals surface area contributed by atoms with Gasteiger partial charge in [-0.2, -0.15) is 0 Å². The molecule has 0 aromatic heterocycles. The standard InChI is InChI=1S/C22H21ClN2O3S/c1-16-12-13-18(23)14-20(16)24-22(26)19-10-6-7-11-21(19)25(29(2,27)28)15-17-8-4-3-5-9-17/h3-14H,15H2,1-2H3,(H,24,26). The molecule has 0 unspecified atom stereocenters. The number of carbonyl (C=O) groups is 1. The molecule has 5 nitrogen and oxygen atoms in total. The van der Waals surface area contributed by atoms with Crippen molar-refractivity contribution in [3.63, 3.8) is 0 Å². The average Bonchev–Trinajstić information content (AvgIpc) is 2.69. The lowest BCUT2D eigenvalue weighted by Crippen LogP contribution is -2.31. The van der Waals surface area contributed by atoms with Gasteiger partial charge in [0.15, 0.2) is 0 Å². The van der Waals surface area contributed by atoms with Crippen molar-refractivity contribution in [2.75, 3.05) is 15.9 Å². The summed E-state index contributed by atoms with van der Waals surface area (Å²) in [7, 11) is -3.63. The van der Waals surface area contributed by atoms with Crippen molar-refractivity contribution in [1.29, 1.82) is 0 Å². The van der Waals surface area contributed by atoms with Crippen molar-refractivity contribution in [3.05, 3.63) is 94.5 Å². The molecule has 0 saturated carbocycles. The van der Waals surface area contributed by atoms with Gasteiger partial charge in [-0.25, -0.2) is 8.42 Å². The Morgan fingerprint density at radius 3 is 2.34 bits per heavy atom. The van der Waals surface area contributed by atoms with Gasteiger partial charge in [-0.15, -0.1) is 0 Å². The number of anilines is 2. The number of benzene rings is 3. The zero-order valence-electron chi connectivity index (χ0n) is 16.1. The van der Waals surface area contributed by atoms with Crippen molar-refractivity contribution in [1.82, 2.24) is 0 Å². The number of halogens is 1. The summed E-state index contributed by atoms with van der Waals surface area (Å²) in [5, 5.41) is 3.33. The van der Waals surface area contributed by atoms with Gasteiger partial charge in [0.05, 0.1) is 24.1 Å². The second-order valence-corrected chi connectivity index (χ2v) is 9.03. The summed E-state index contributed by atoms with van der Waals surface area (Å²) in [6.07, 6.45) is 1.13. The maximum Gasteiger partial charge on any atom is 0.257 e. The van der Waals surface area contributed by atoms with E-state index in [0.717, 1.165) is 17.4 Å². The van der Waals surface area contributed by atoms with Gasteiger partial charge >= 0.3 is 0 Å². The third-order valence-corrected chi connectivity index (χ3v) is 5.80. The minimum atomic E-state index is -3.63. The average molecular weight is 429 g/mol. The van der Waals surface area contributed by atoms with E-state index >= 15 is 0 Å². The number of rotatable bonds is 6. The molecule has 0 aliphatic carbocycles. The monoisotopic (exact) mass is 428 g/mol. The molecular weight excluding hydrogens is 408 g/mol. The fourth-order valence-corrected chi connectivity index (χ4v) is 4.00. The van der Waals surface area contributed by atoms with Gasteiger partial charge in [-0.3, -0.25) is 9.10 Å². The zero-order valence-corrected chi connectivity index (χ0v) is 17.7. The molecule has 29 heavy (non-hydrogen) atoms. The Morgan fingerprint density at radius 2 is 1.66 bits per heavy atom. The van der Waals surface area contributed by atoms with E-state index in [-0.39, 0.29) is 12.1 Å². The second-order valence-electron chi connectivity index (χ2n) is 6.69. The largest absolute Gasteiger partial charge is 0.322 e. The van der Waals surface area contributed by atoms with Crippen LogP contribution in [-0.4, -0.2) is 20.6 Å². The molecule has 3 aromatic rings. The Morgan fingerprint density at radius 1 is 1.00 bits per heavy atom. The lowest BCUT2D eigenvalue weighted by molar-refractivity contribution is 0.102. The summed E-state index contributed by atoms with van der Waals surface area (Å²) < 4.78 is 26.3. The number of para-hydroxylation sites is 1. The number of nitrogens with one attached hydrogen (secondary N) is 1. The van der Waals surface area contributed by atoms with Crippen LogP contribution in [0.15, 0.2) is 72.8 Å². The number of sulfonamides is 1. The predicted molar refractivity (Wildman–Crippen MR) is 118 cm³/mol. The first-order chi connectivity index (χ1) is 13.8. The number of nitrogens with zero attached hydrogens (tertiary/aromatic N) is 1. The summed E-state index contributed by atoms with van der Waals surface area (Å²) in [6, 6.07) is 21.1. The van der Waals surface area contributed by atoms with Crippen LogP contribution in [-0.2, 0) is 16.6 Å². The molecular formula is C22H21ClN2O3S. The Bertz CT molecular complexity index is 1130. The highest BCUT2D eigenvalue weighted by Gasteiger charge is 2.23. The molecule has 0 fully saturated rings. The van der Waals surface area contributed by atoms with Gasteiger partial charge in [-0.1, -0.05) is 60.1 Å². The smallest absolute Gasteiger partial charge is 0.257 e. The first-order valence-electron chi connectivity index (χ1n) is 8.94. The molecule has 0 saturated heterocycles. The molecule has 0 radical (unpaired) electrons. The van der Waals surface area contributed by atoms with Crippen LogP contribution in [0.25, 0.3) is 0 Å². The Hall–Kier alpha value is -2.83. The number of hydrogen-bond acceptors (Lipinski definition) is 3. The SMILES string of the molecule is Cc1ccc(Cl)cc1NC(=O)c1ccccc1N(Cc1ccccc1)S(C)(=O)=O. The van der Waals surface area contributed by atoms with Crippen LogP contribution >= 0.6 is 11.6 Å². The highest BCUT2D eigenvalue weighted by atomic mass is 35.5. The Labute approximate surface area is 176 Å². The lowest BCUT2D eigenvalue weighted by atomic mass is 10.1. The van der Waals surface area contributed by atoms with E-state index in [9.17, 15) is 13.2 Å². The van der Waals surface area contributed by atoms with Gasteiger partial charge in [0.1, 0.15) is 0 Å². The van der Waals surface area contributed by atoms with Crippen molar-refractivity contribution in [2.45, 2.75) is 13.5 Å². The summed E-state index contributed by atoms with van der Waals surface area (Å²) in [6.45, 7) is 1.98. The van der Waals surface area contributed by atoms with Crippen LogP contribution < -0.4 is 9.62 Å². The summed E-state index contributed by atoms with van der Waals surface area (Å²) >= 11 is 6.04. The summed E-state index contributed by atoms with van der Waals surface area (Å²) in [5.74, 6) is -0.410. The first-order valence-corrected chi connectivity index (χ1v) is 11.2. The topological polar surface area (TPSA) is 66.5 Å². The quantitative estimate of drug-likeness (QED) is 0.609. The Kier molecular flexibility index (Phi) is 6.25. The molecule has 1 amide bonds. The van der Waals surface area contributed by atoms with E-state index in [4.69, 9.17) is 11.6 Å². The maximum absolute atomic E-state index is 13.0. The van der Waals surface area contributed by atoms with Crippen LogP contribution in [0.3, 0.4) is 0 Å². The van der Waals surface area contributed by atoms with Crippen LogP contribution in [0, 0.1) is 6.92 Å². The number of hydrogen-bond donors (Lipinski definition) is 1. The van der Waals surface area contributed by atoms with Crippen LogP contribution in [0.4, 0.5) is 11.4 Å². The third-order valence-electron chi connectivity index (χ3n) is 4.43. The molecule has 3 aromatic carbocycles. The predicted octanol–water partition coefficient (Wildman–Crippen LogP) is 4.87. The van der Waals surface area contributed by atoms with E-state index in [1.807, 2.05) is 43.3 Å². The number of amides is 1. The second kappa shape index (κ2) is 8.68. The minimum Gasteiger partial charge on any atom is -0.322 e. The zero-order chi connectivity index (χ0) is 21.0. The van der Waals surface area contributed by atoms with Gasteiger partial charge in [0.2, 0.25) is 10.0 Å². The minimum absolute atomic E-state index is 0.125. The molecule has 0 spiro atoms. The van der Waals surface area contributed by atoms with Crippen LogP contribution in [0.5, 0.6) is 0 Å². The molecule has 0 heterocycles. The van der Waals surface area contributed by atoms with Crippen LogP contribution in [0.2, 0.25) is 5.02 Å². The summed E-state index contributed by atoms with van der Waals surface area (Å²) in [4.78, 5) is 13.0. The summed E-state index contributed by atoms with van der Waals surface area (Å²) in [5.41, 5.74) is 2.82. The van der Waals surface area contributed by atoms with E-state index < -0.39 is 15.9 Å². The molecule has 7 heteroatoms. The molecule has 0 aliphatic rings. The number of aryl methyl sites for hydroxylation is 1. The van der Waals surface area contributed by atoms with E-state index in [2.05, 4.69) is 5.32 Å². The van der Waals surface area contributed by atoms with Crippen molar-refractivity contribution in [3.8, 4) is 0 Å². The fraction of sp³-hybridized carbons (Fsp3) is 0.136. The van der Waals surface area contributed by atoms with Crippen LogP contribution in [0.1, 0.15) is 21.5 Å². The maximum atomic E-state index is 13.0. The van der Waals surface area contributed by atoms with E-state index in [0.29, 0.717) is 16.4 Å². The normalized spacial score (nSPS) is 11.1. The van der Waals surface area contributed by atoms with E-state index in [1.54, 1.807) is 36.4 Å². The van der Waals surface area contributed by atoms with Gasteiger partial charge in [0.25, 0.3) is 5.91 Å². The number of carbonyl (C=O) groups excluding carboxylic acids is 1. The van der Waals surface area contributed by atoms with Gasteiger partial charge in [-0.05, 0) is 42.3 Å². The van der Waals surface area contributed by atoms with Gasteiger partial charge < -0.3 is 5.32 Å². The molecule has 0 aliphatic heterocycles. The highest BCUT2D eigenvalue weighted by molar-refractivity contribution is 7.92. The van der Waals surface area contributed by atoms with Crippen molar-refractivity contribution >= 4 is 38.9 Å². The molecule has 3 rings (SSSR count). The van der Waals surface area contributed by atoms with Crippen molar-refractivity contribution in [2.24, 2.45) is 0 Å². The lowest BCUT2D eigenvalue weighted by Gasteiger charge is -2.25. The third kappa shape index (κ3) is 5.16. The Balaban J connectivity index is 1.99. The molecule has 150 valence electrons. The molecule has 1 N–H and O–H groups in total. The van der Waals surface area contributed by atoms with E-state index in [1.165, 1.54) is 4.31 Å². The van der Waals surface area contributed by atoms with Crippen molar-refractivity contribution < 1.29 is 13.2 Å². The molecule has 0 bridgehead atoms.